The second-order valence-electron chi connectivity index (χ2n) is 6.63. The van der Waals surface area contributed by atoms with Crippen molar-refractivity contribution in [2.24, 2.45) is 5.41 Å². The molecule has 128 valence electrons. The summed E-state index contributed by atoms with van der Waals surface area (Å²) >= 11 is 0. The molecule has 0 unspecified atom stereocenters. The van der Waals surface area contributed by atoms with E-state index in [0.29, 0.717) is 11.8 Å². The van der Waals surface area contributed by atoms with Crippen LogP contribution in [0.3, 0.4) is 0 Å². The third-order valence-corrected chi connectivity index (χ3v) is 3.73. The van der Waals surface area contributed by atoms with Crippen molar-refractivity contribution in [1.82, 2.24) is 0 Å². The fourth-order valence-electron chi connectivity index (χ4n) is 1.92. The number of unbranched alkanes of at least 4 members (excludes halogenated alkanes) is 7. The highest BCUT2D eigenvalue weighted by Gasteiger charge is 2.02. The Morgan fingerprint density at radius 3 is 1.62 bits per heavy atom. The van der Waals surface area contributed by atoms with Crippen molar-refractivity contribution >= 4 is 10.1 Å². The van der Waals surface area contributed by atoms with Crippen LogP contribution in [0.5, 0.6) is 0 Å². The molecule has 0 aromatic carbocycles. The summed E-state index contributed by atoms with van der Waals surface area (Å²) in [6, 6.07) is 0. The van der Waals surface area contributed by atoms with E-state index in [1.807, 2.05) is 6.92 Å². The van der Waals surface area contributed by atoms with Crippen molar-refractivity contribution in [2.75, 3.05) is 5.75 Å². The molecule has 0 aliphatic rings. The maximum Gasteiger partial charge on any atom is 0.264 e. The van der Waals surface area contributed by atoms with Gasteiger partial charge >= 0.3 is 0 Å². The summed E-state index contributed by atoms with van der Waals surface area (Å²) in [4.78, 5) is 0. The predicted molar refractivity (Wildman–Crippen MR) is 93.3 cm³/mol. The van der Waals surface area contributed by atoms with Crippen molar-refractivity contribution in [3.05, 3.63) is 12.2 Å². The van der Waals surface area contributed by atoms with E-state index in [1.54, 1.807) is 0 Å². The Hall–Kier alpha value is -0.350. The molecule has 0 bridgehead atoms. The molecule has 0 aromatic rings. The number of hydrogen-bond donors (Lipinski definition) is 1. The lowest BCUT2D eigenvalue weighted by atomic mass is 9.97. The molecule has 0 saturated carbocycles. The monoisotopic (exact) mass is 320 g/mol. The minimum absolute atomic E-state index is 0.0814. The first-order chi connectivity index (χ1) is 9.62. The van der Waals surface area contributed by atoms with Gasteiger partial charge < -0.3 is 0 Å². The van der Waals surface area contributed by atoms with Gasteiger partial charge in [0.2, 0.25) is 0 Å². The van der Waals surface area contributed by atoms with Crippen LogP contribution in [0.25, 0.3) is 0 Å². The lowest BCUT2D eigenvalue weighted by molar-refractivity contribution is 0.478. The minimum Gasteiger partial charge on any atom is -0.286 e. The fraction of sp³-hybridized carbons (Fsp3) is 0.882. The van der Waals surface area contributed by atoms with E-state index < -0.39 is 10.1 Å². The normalized spacial score (nSPS) is 12.3. The zero-order chi connectivity index (χ0) is 16.8. The number of hydrogen-bond acceptors (Lipinski definition) is 2. The molecule has 0 rings (SSSR count). The van der Waals surface area contributed by atoms with E-state index in [4.69, 9.17) is 4.55 Å². The zero-order valence-electron chi connectivity index (χ0n) is 14.7. The highest BCUT2D eigenvalue weighted by atomic mass is 32.2. The first kappa shape index (κ1) is 22.9. The van der Waals surface area contributed by atoms with Crippen molar-refractivity contribution in [3.8, 4) is 0 Å². The van der Waals surface area contributed by atoms with Gasteiger partial charge in [0.1, 0.15) is 0 Å². The molecule has 0 amide bonds. The van der Waals surface area contributed by atoms with Crippen LogP contribution in [0.15, 0.2) is 12.2 Å². The summed E-state index contributed by atoms with van der Waals surface area (Å²) in [5.74, 6) is -0.0814. The van der Waals surface area contributed by atoms with Gasteiger partial charge in [0.15, 0.2) is 0 Å². The molecule has 4 heteroatoms. The first-order valence-corrected chi connectivity index (χ1v) is 9.82. The molecule has 3 nitrogen and oxygen atoms in total. The Balaban J connectivity index is 0. The maximum atomic E-state index is 10.4. The molecule has 0 aliphatic heterocycles. The van der Waals surface area contributed by atoms with Crippen LogP contribution in [-0.2, 0) is 10.1 Å². The average molecular weight is 321 g/mol. The quantitative estimate of drug-likeness (QED) is 0.340. The van der Waals surface area contributed by atoms with Gasteiger partial charge in [-0.1, -0.05) is 84.8 Å². The van der Waals surface area contributed by atoms with Crippen LogP contribution in [0.4, 0.5) is 0 Å². The number of allylic oxidation sites excluding steroid dienone is 2. The minimum atomic E-state index is -3.73. The Morgan fingerprint density at radius 1 is 0.905 bits per heavy atom. The van der Waals surface area contributed by atoms with Gasteiger partial charge in [0.05, 0.1) is 5.75 Å². The van der Waals surface area contributed by atoms with E-state index in [1.165, 1.54) is 32.1 Å². The van der Waals surface area contributed by atoms with Gasteiger partial charge in [-0.25, -0.2) is 0 Å². The molecule has 0 atom stereocenters. The predicted octanol–water partition coefficient (Wildman–Crippen LogP) is 5.62. The molecule has 0 aromatic heterocycles. The summed E-state index contributed by atoms with van der Waals surface area (Å²) in [6.45, 7) is 10.8. The largest absolute Gasteiger partial charge is 0.286 e. The molecule has 0 fully saturated rings. The first-order valence-electron chi connectivity index (χ1n) is 8.21. The molecule has 0 saturated heterocycles. The SMILES string of the molecule is CC=CC(C)(C)C.CCCCCCCCCCS(=O)(=O)O. The van der Waals surface area contributed by atoms with Gasteiger partial charge in [-0.15, -0.1) is 0 Å². The molecule has 0 aliphatic carbocycles. The molecule has 0 spiro atoms. The Morgan fingerprint density at radius 2 is 1.33 bits per heavy atom. The van der Waals surface area contributed by atoms with Gasteiger partial charge in [0.25, 0.3) is 10.1 Å². The fourth-order valence-corrected chi connectivity index (χ4v) is 2.49. The summed E-state index contributed by atoms with van der Waals surface area (Å²) < 4.78 is 29.2. The van der Waals surface area contributed by atoms with Crippen LogP contribution in [0, 0.1) is 5.41 Å². The number of rotatable bonds is 9. The Bertz CT molecular complexity index is 338. The lowest BCUT2D eigenvalue weighted by Crippen LogP contribution is -2.03. The van der Waals surface area contributed by atoms with Crippen LogP contribution >= 0.6 is 0 Å². The van der Waals surface area contributed by atoms with Crippen LogP contribution < -0.4 is 0 Å². The Labute approximate surface area is 133 Å². The molecular weight excluding hydrogens is 284 g/mol. The second kappa shape index (κ2) is 13.3. The molecular formula is C17H36O3S. The van der Waals surface area contributed by atoms with Gasteiger partial charge in [-0.3, -0.25) is 4.55 Å². The lowest BCUT2D eigenvalue weighted by Gasteiger charge is -2.09. The third kappa shape index (κ3) is 28.5. The average Bonchev–Trinajstić information content (AvgIpc) is 2.30. The summed E-state index contributed by atoms with van der Waals surface area (Å²) in [5, 5.41) is 0. The second-order valence-corrected chi connectivity index (χ2v) is 8.20. The van der Waals surface area contributed by atoms with E-state index in [-0.39, 0.29) is 5.75 Å². The van der Waals surface area contributed by atoms with Crippen LogP contribution in [0.1, 0.15) is 86.0 Å². The highest BCUT2D eigenvalue weighted by molar-refractivity contribution is 7.85. The smallest absolute Gasteiger partial charge is 0.264 e. The van der Waals surface area contributed by atoms with Crippen LogP contribution in [-0.4, -0.2) is 18.7 Å². The van der Waals surface area contributed by atoms with E-state index in [0.717, 1.165) is 12.8 Å². The van der Waals surface area contributed by atoms with E-state index in [9.17, 15) is 8.42 Å². The highest BCUT2D eigenvalue weighted by Crippen LogP contribution is 2.13. The van der Waals surface area contributed by atoms with Crippen molar-refractivity contribution in [2.45, 2.75) is 86.0 Å². The van der Waals surface area contributed by atoms with Crippen molar-refractivity contribution in [3.63, 3.8) is 0 Å². The summed E-state index contributed by atoms with van der Waals surface area (Å²) in [7, 11) is -3.73. The van der Waals surface area contributed by atoms with Gasteiger partial charge in [0, 0.05) is 0 Å². The molecule has 21 heavy (non-hydrogen) atoms. The zero-order valence-corrected chi connectivity index (χ0v) is 15.5. The topological polar surface area (TPSA) is 54.4 Å². The van der Waals surface area contributed by atoms with Crippen LogP contribution in [0.2, 0.25) is 0 Å². The third-order valence-electron chi connectivity index (χ3n) is 2.92. The summed E-state index contributed by atoms with van der Waals surface area (Å²) in [5.41, 5.74) is 0.370. The summed E-state index contributed by atoms with van der Waals surface area (Å²) in [6.07, 6.45) is 13.1. The van der Waals surface area contributed by atoms with E-state index in [2.05, 4.69) is 39.8 Å². The molecule has 1 N–H and O–H groups in total. The maximum absolute atomic E-state index is 10.4. The standard InChI is InChI=1S/C10H22O3S.C7H14/c1-2-3-4-5-6-7-8-9-10-14(11,12)13;1-5-6-7(2,3)4/h2-10H2,1H3,(H,11,12,13);5-6H,1-4H3. The molecule has 0 radical (unpaired) electrons. The van der Waals surface area contributed by atoms with E-state index >= 15 is 0 Å². The van der Waals surface area contributed by atoms with Crippen molar-refractivity contribution < 1.29 is 13.0 Å². The van der Waals surface area contributed by atoms with Crippen molar-refractivity contribution in [1.29, 1.82) is 0 Å². The Kier molecular flexibility index (Phi) is 14.5. The molecule has 0 heterocycles. The van der Waals surface area contributed by atoms with Gasteiger partial charge in [-0.2, -0.15) is 8.42 Å². The van der Waals surface area contributed by atoms with Gasteiger partial charge in [-0.05, 0) is 18.8 Å².